The van der Waals surface area contributed by atoms with Gasteiger partial charge in [0.2, 0.25) is 0 Å². The van der Waals surface area contributed by atoms with Gasteiger partial charge in [-0.3, -0.25) is 0 Å². The number of ether oxygens (including phenoxy) is 9. The Hall–Kier alpha value is -0.980. The molecule has 1 spiro atoms. The van der Waals surface area contributed by atoms with Crippen molar-refractivity contribution in [2.24, 2.45) is 46.3 Å². The summed E-state index contributed by atoms with van der Waals surface area (Å²) in [5.74, 6) is 1.91. The molecule has 0 amide bonds. The molecular weight excluding hydrogens is 840 g/mol. The lowest BCUT2D eigenvalue weighted by atomic mass is 9.47. The Bertz CT molecular complexity index is 1670. The second-order valence-electron chi connectivity index (χ2n) is 21.4. The van der Waals surface area contributed by atoms with Crippen LogP contribution in [0.4, 0.5) is 0 Å². The Balaban J connectivity index is 0.914. The molecule has 9 N–H and O–H groups in total. The Morgan fingerprint density at radius 2 is 1.33 bits per heavy atom. The molecule has 0 aromatic heterocycles. The van der Waals surface area contributed by atoms with Crippen LogP contribution in [0.1, 0.15) is 92.4 Å². The quantitative estimate of drug-likeness (QED) is 0.140. The molecule has 18 nitrogen and oxygen atoms in total. The molecule has 4 aliphatic carbocycles. The van der Waals surface area contributed by atoms with E-state index in [4.69, 9.17) is 42.6 Å². The highest BCUT2D eigenvalue weighted by Gasteiger charge is 2.69. The van der Waals surface area contributed by atoms with Gasteiger partial charge in [0.05, 0.1) is 31.5 Å². The fourth-order valence-electron chi connectivity index (χ4n) is 14.3. The van der Waals surface area contributed by atoms with Crippen LogP contribution in [0, 0.1) is 46.3 Å². The third-order valence-electron chi connectivity index (χ3n) is 18.1. The predicted molar refractivity (Wildman–Crippen MR) is 220 cm³/mol. The van der Waals surface area contributed by atoms with Gasteiger partial charge in [0, 0.05) is 25.4 Å². The van der Waals surface area contributed by atoms with Crippen LogP contribution in [-0.2, 0) is 42.6 Å². The van der Waals surface area contributed by atoms with Gasteiger partial charge in [0.15, 0.2) is 30.9 Å². The fraction of sp³-hybridized carbons (Fsp3) is 0.957. The van der Waals surface area contributed by atoms with E-state index in [0.29, 0.717) is 42.4 Å². The molecule has 18 heteroatoms. The molecule has 0 aromatic rings. The summed E-state index contributed by atoms with van der Waals surface area (Å²) in [5.41, 5.74) is 1.39. The first-order valence-electron chi connectivity index (χ1n) is 23.9. The largest absolute Gasteiger partial charge is 0.394 e. The molecule has 9 aliphatic rings. The summed E-state index contributed by atoms with van der Waals surface area (Å²) in [4.78, 5) is 0. The first-order chi connectivity index (χ1) is 30.4. The van der Waals surface area contributed by atoms with Crippen LogP contribution < -0.4 is 0 Å². The van der Waals surface area contributed by atoms with Crippen molar-refractivity contribution in [1.29, 1.82) is 0 Å². The maximum absolute atomic E-state index is 12.0. The summed E-state index contributed by atoms with van der Waals surface area (Å²) in [7, 11) is 1.72. The number of allylic oxidation sites excluding steroid dienone is 1. The number of hydrogen-bond acceptors (Lipinski definition) is 18. The molecule has 5 aliphatic heterocycles. The van der Waals surface area contributed by atoms with E-state index in [1.54, 1.807) is 7.11 Å². The van der Waals surface area contributed by atoms with Crippen molar-refractivity contribution < 1.29 is 88.6 Å². The molecule has 0 unspecified atom stereocenters. The highest BCUT2D eigenvalue weighted by atomic mass is 16.8. The molecule has 9 rings (SSSR count). The molecule has 0 aromatic carbocycles. The van der Waals surface area contributed by atoms with Crippen LogP contribution in [0.25, 0.3) is 0 Å². The number of rotatable bonds is 9. The van der Waals surface area contributed by atoms with Gasteiger partial charge in [-0.1, -0.05) is 39.3 Å². The molecule has 27 atom stereocenters. The van der Waals surface area contributed by atoms with Crippen LogP contribution in [0.5, 0.6) is 0 Å². The number of hydrogen-bond donors (Lipinski definition) is 9. The van der Waals surface area contributed by atoms with E-state index < -0.39 is 117 Å². The zero-order chi connectivity index (χ0) is 45.8. The van der Waals surface area contributed by atoms with Gasteiger partial charge in [-0.05, 0) is 92.8 Å². The van der Waals surface area contributed by atoms with Gasteiger partial charge < -0.3 is 88.6 Å². The second-order valence-corrected chi connectivity index (χ2v) is 21.4. The first-order valence-corrected chi connectivity index (χ1v) is 23.9. The average Bonchev–Trinajstić information content (AvgIpc) is 3.73. The molecule has 5 saturated heterocycles. The highest BCUT2D eigenvalue weighted by molar-refractivity contribution is 5.26. The first kappa shape index (κ1) is 48.1. The van der Waals surface area contributed by atoms with Crippen LogP contribution >= 0.6 is 0 Å². The van der Waals surface area contributed by atoms with Crippen molar-refractivity contribution in [2.45, 2.75) is 209 Å². The molecular formula is C46H74O18. The standard InChI is InChI=1S/C46H74O18/c1-19-9-14-46(64-40(19)56-6)20(2)30-27(63-46)16-26-24-8-7-22-15-23(10-12-44(22,4)25(24)11-13-45(26,30)5)58-43-39(62-41-35(53)33(51)31(49)21(3)57-41)37(55)38(29(18-48)60-43)61-42-36(54)34(52)32(50)28(17-47)59-42/h7,19-21,23-43,47-55H,8-18H2,1-6H3/t19-,20+,21+,23+,24-,25+,26+,27+,28-,29-,30+,31+,32-,33-,34+,35-,36-,37+,38-,39-,40+,41+,42+,43-,44+,45+,46+/m1/s1. The zero-order valence-corrected chi connectivity index (χ0v) is 37.9. The van der Waals surface area contributed by atoms with E-state index in [0.717, 1.165) is 44.9 Å². The smallest absolute Gasteiger partial charge is 0.187 e. The van der Waals surface area contributed by atoms with E-state index in [1.165, 1.54) is 12.5 Å². The summed E-state index contributed by atoms with van der Waals surface area (Å²) >= 11 is 0. The molecule has 5 heterocycles. The summed E-state index contributed by atoms with van der Waals surface area (Å²) in [6, 6.07) is 0. The van der Waals surface area contributed by atoms with Crippen LogP contribution in [0.2, 0.25) is 0 Å². The minimum atomic E-state index is -1.82. The topological polar surface area (TPSA) is 265 Å². The predicted octanol–water partition coefficient (Wildman–Crippen LogP) is 0.187. The van der Waals surface area contributed by atoms with Crippen LogP contribution in [0.3, 0.4) is 0 Å². The number of methoxy groups -OCH3 is 1. The van der Waals surface area contributed by atoms with Crippen molar-refractivity contribution >= 4 is 0 Å². The Kier molecular flexibility index (Phi) is 13.6. The van der Waals surface area contributed by atoms with Gasteiger partial charge in [0.1, 0.15) is 67.1 Å². The summed E-state index contributed by atoms with van der Waals surface area (Å²) in [6.45, 7) is 9.51. The fourth-order valence-corrected chi connectivity index (χ4v) is 14.3. The lowest BCUT2D eigenvalue weighted by molar-refractivity contribution is -0.389. The molecule has 8 fully saturated rings. The van der Waals surface area contributed by atoms with Crippen LogP contribution in [-0.4, -0.2) is 183 Å². The van der Waals surface area contributed by atoms with Gasteiger partial charge in [-0.2, -0.15) is 0 Å². The molecule has 64 heavy (non-hydrogen) atoms. The van der Waals surface area contributed by atoms with E-state index in [-0.39, 0.29) is 29.1 Å². The van der Waals surface area contributed by atoms with Gasteiger partial charge in [0.25, 0.3) is 0 Å². The summed E-state index contributed by atoms with van der Waals surface area (Å²) in [5, 5.41) is 95.8. The van der Waals surface area contributed by atoms with E-state index >= 15 is 0 Å². The third-order valence-corrected chi connectivity index (χ3v) is 18.1. The van der Waals surface area contributed by atoms with Crippen molar-refractivity contribution in [1.82, 2.24) is 0 Å². The zero-order valence-electron chi connectivity index (χ0n) is 37.9. The summed E-state index contributed by atoms with van der Waals surface area (Å²) in [6.07, 6.45) is -12.9. The van der Waals surface area contributed by atoms with E-state index in [1.807, 2.05) is 0 Å². The van der Waals surface area contributed by atoms with Gasteiger partial charge in [-0.25, -0.2) is 0 Å². The van der Waals surface area contributed by atoms with Gasteiger partial charge in [-0.15, -0.1) is 0 Å². The Labute approximate surface area is 375 Å². The van der Waals surface area contributed by atoms with Gasteiger partial charge >= 0.3 is 0 Å². The van der Waals surface area contributed by atoms with Crippen molar-refractivity contribution in [3.8, 4) is 0 Å². The van der Waals surface area contributed by atoms with Crippen molar-refractivity contribution in [3.63, 3.8) is 0 Å². The third kappa shape index (κ3) is 7.79. The lowest BCUT2D eigenvalue weighted by Gasteiger charge is -2.59. The minimum Gasteiger partial charge on any atom is -0.394 e. The van der Waals surface area contributed by atoms with Crippen LogP contribution in [0.15, 0.2) is 11.6 Å². The molecule has 0 radical (unpaired) electrons. The maximum Gasteiger partial charge on any atom is 0.187 e. The van der Waals surface area contributed by atoms with Crippen molar-refractivity contribution in [2.75, 3.05) is 20.3 Å². The lowest BCUT2D eigenvalue weighted by Crippen LogP contribution is -2.67. The normalized spacial score (nSPS) is 57.4. The summed E-state index contributed by atoms with van der Waals surface area (Å²) < 4.78 is 55.9. The van der Waals surface area contributed by atoms with E-state index in [2.05, 4.69) is 33.8 Å². The molecule has 366 valence electrons. The SMILES string of the molecule is CO[C@H]1O[C@]2(CC[C@H]1C)O[C@H]1C[C@H]3[C@@H]4CC=C5C[C@@H](O[C@@H]6O[C@H](CO)[C@@H](O[C@@H]7O[C@H](CO)[C@@H](O)[C@H](O)[C@H]7O)[C@H](O)[C@H]6O[C@@H]6O[C@@H](C)[C@H](O)[C@@H](O)[C@H]6O)CC[C@]5(C)[C@H]4CC[C@]3(C)[C@H]1[C@@H]2C. The van der Waals surface area contributed by atoms with Crippen molar-refractivity contribution in [3.05, 3.63) is 11.6 Å². The number of fused-ring (bicyclic) bond motifs is 7. The maximum atomic E-state index is 12.0. The molecule has 3 saturated carbocycles. The second kappa shape index (κ2) is 18.1. The minimum absolute atomic E-state index is 0.0578. The number of aliphatic hydroxyl groups excluding tert-OH is 9. The monoisotopic (exact) mass is 914 g/mol. The Morgan fingerprint density at radius 1 is 0.656 bits per heavy atom. The van der Waals surface area contributed by atoms with E-state index in [9.17, 15) is 46.0 Å². The average molecular weight is 915 g/mol. The number of aliphatic hydroxyl groups is 9. The highest BCUT2D eigenvalue weighted by Crippen LogP contribution is 2.71. The molecule has 0 bridgehead atoms. The Morgan fingerprint density at radius 3 is 2.03 bits per heavy atom.